The third-order valence-electron chi connectivity index (χ3n) is 3.41. The van der Waals surface area contributed by atoms with E-state index >= 15 is 0 Å². The summed E-state index contributed by atoms with van der Waals surface area (Å²) in [6, 6.07) is 12.9. The molecule has 0 heterocycles. The number of amides is 2. The van der Waals surface area contributed by atoms with Crippen LogP contribution in [0.4, 0.5) is 5.69 Å². The van der Waals surface area contributed by atoms with Gasteiger partial charge in [0, 0.05) is 23.6 Å². The van der Waals surface area contributed by atoms with Crippen LogP contribution in [-0.2, 0) is 16.0 Å². The second-order valence-corrected chi connectivity index (χ2v) is 7.05. The SMILES string of the molecule is CNC(=O)CCc1ccc(NC(=O)COc2ccc(Br)cc2Br)cc1. The van der Waals surface area contributed by atoms with Gasteiger partial charge in [-0.2, -0.15) is 0 Å². The lowest BCUT2D eigenvalue weighted by Gasteiger charge is -2.09. The van der Waals surface area contributed by atoms with Gasteiger partial charge in [0.1, 0.15) is 5.75 Å². The zero-order valence-corrected chi connectivity index (χ0v) is 16.8. The largest absolute Gasteiger partial charge is 0.483 e. The Bertz CT molecular complexity index is 748. The predicted molar refractivity (Wildman–Crippen MR) is 105 cm³/mol. The van der Waals surface area contributed by atoms with Crippen molar-refractivity contribution in [3.63, 3.8) is 0 Å². The molecule has 7 heteroatoms. The first-order valence-corrected chi connectivity index (χ1v) is 9.24. The molecule has 0 aliphatic heterocycles. The second-order valence-electron chi connectivity index (χ2n) is 5.28. The molecule has 0 bridgehead atoms. The quantitative estimate of drug-likeness (QED) is 0.646. The summed E-state index contributed by atoms with van der Waals surface area (Å²) >= 11 is 6.75. The number of ether oxygens (including phenoxy) is 1. The molecule has 2 aromatic rings. The summed E-state index contributed by atoms with van der Waals surface area (Å²) in [6.07, 6.45) is 1.10. The Morgan fingerprint density at radius 1 is 1.04 bits per heavy atom. The zero-order valence-electron chi connectivity index (χ0n) is 13.6. The molecule has 2 rings (SSSR count). The second kappa shape index (κ2) is 9.58. The van der Waals surface area contributed by atoms with Crippen molar-refractivity contribution >= 4 is 49.4 Å². The van der Waals surface area contributed by atoms with Crippen molar-refractivity contribution in [3.8, 4) is 5.75 Å². The fourth-order valence-electron chi connectivity index (χ4n) is 2.07. The molecule has 2 N–H and O–H groups in total. The third kappa shape index (κ3) is 6.51. The van der Waals surface area contributed by atoms with Crippen LogP contribution in [0.2, 0.25) is 0 Å². The molecule has 0 saturated heterocycles. The molecule has 0 aliphatic rings. The number of carbonyl (C=O) groups excluding carboxylic acids is 2. The highest BCUT2D eigenvalue weighted by Gasteiger charge is 2.07. The van der Waals surface area contributed by atoms with E-state index in [-0.39, 0.29) is 18.4 Å². The molecule has 25 heavy (non-hydrogen) atoms. The number of rotatable bonds is 7. The van der Waals surface area contributed by atoms with Gasteiger partial charge < -0.3 is 15.4 Å². The first-order chi connectivity index (χ1) is 12.0. The van der Waals surface area contributed by atoms with Gasteiger partial charge in [0.15, 0.2) is 6.61 Å². The predicted octanol–water partition coefficient (Wildman–Crippen LogP) is 3.91. The van der Waals surface area contributed by atoms with Gasteiger partial charge in [-0.25, -0.2) is 0 Å². The number of hydrogen-bond acceptors (Lipinski definition) is 3. The van der Waals surface area contributed by atoms with Crippen molar-refractivity contribution in [3.05, 3.63) is 57.0 Å². The summed E-state index contributed by atoms with van der Waals surface area (Å²) in [4.78, 5) is 23.2. The van der Waals surface area contributed by atoms with E-state index in [1.54, 1.807) is 13.1 Å². The molecule has 5 nitrogen and oxygen atoms in total. The van der Waals surface area contributed by atoms with Gasteiger partial charge in [0.05, 0.1) is 4.47 Å². The topological polar surface area (TPSA) is 67.4 Å². The van der Waals surface area contributed by atoms with Gasteiger partial charge in [-0.1, -0.05) is 28.1 Å². The maximum absolute atomic E-state index is 12.0. The van der Waals surface area contributed by atoms with E-state index in [4.69, 9.17) is 4.74 Å². The summed E-state index contributed by atoms with van der Waals surface area (Å²) in [5.41, 5.74) is 1.73. The Labute approximate surface area is 163 Å². The number of benzene rings is 2. The molecule has 0 radical (unpaired) electrons. The Kier molecular flexibility index (Phi) is 7.46. The van der Waals surface area contributed by atoms with E-state index in [0.717, 1.165) is 14.5 Å². The molecule has 0 aliphatic carbocycles. The van der Waals surface area contributed by atoms with Gasteiger partial charge in [-0.3, -0.25) is 9.59 Å². The molecule has 2 aromatic carbocycles. The Hall–Kier alpha value is -1.86. The highest BCUT2D eigenvalue weighted by molar-refractivity contribution is 9.11. The maximum Gasteiger partial charge on any atom is 0.262 e. The van der Waals surface area contributed by atoms with Crippen molar-refractivity contribution < 1.29 is 14.3 Å². The van der Waals surface area contributed by atoms with Gasteiger partial charge >= 0.3 is 0 Å². The Morgan fingerprint density at radius 2 is 1.76 bits per heavy atom. The van der Waals surface area contributed by atoms with E-state index in [0.29, 0.717) is 24.3 Å². The standard InChI is InChI=1S/C18H18Br2N2O3/c1-21-17(23)9-4-12-2-6-14(7-3-12)22-18(24)11-25-16-8-5-13(19)10-15(16)20/h2-3,5-8,10H,4,9,11H2,1H3,(H,21,23)(H,22,24). The number of nitrogens with one attached hydrogen (secondary N) is 2. The van der Waals surface area contributed by atoms with E-state index in [1.165, 1.54) is 0 Å². The minimum atomic E-state index is -0.243. The summed E-state index contributed by atoms with van der Waals surface area (Å²) in [5.74, 6) is 0.365. The third-order valence-corrected chi connectivity index (χ3v) is 4.52. The van der Waals surface area contributed by atoms with E-state index in [2.05, 4.69) is 42.5 Å². The average Bonchev–Trinajstić information content (AvgIpc) is 2.60. The Morgan fingerprint density at radius 3 is 2.40 bits per heavy atom. The minimum absolute atomic E-state index is 0.00799. The zero-order chi connectivity index (χ0) is 18.2. The molecule has 0 atom stereocenters. The molecule has 2 amide bonds. The van der Waals surface area contributed by atoms with Gasteiger partial charge in [-0.15, -0.1) is 0 Å². The van der Waals surface area contributed by atoms with Crippen molar-refractivity contribution in [1.82, 2.24) is 5.32 Å². The maximum atomic E-state index is 12.0. The monoisotopic (exact) mass is 468 g/mol. The average molecular weight is 470 g/mol. The molecule has 0 aromatic heterocycles. The number of hydrogen-bond donors (Lipinski definition) is 2. The molecular weight excluding hydrogens is 452 g/mol. The first-order valence-electron chi connectivity index (χ1n) is 7.65. The summed E-state index contributed by atoms with van der Waals surface area (Å²) in [7, 11) is 1.62. The lowest BCUT2D eigenvalue weighted by Crippen LogP contribution is -2.20. The van der Waals surface area contributed by atoms with Crippen LogP contribution in [0.15, 0.2) is 51.4 Å². The smallest absolute Gasteiger partial charge is 0.262 e. The minimum Gasteiger partial charge on any atom is -0.483 e. The lowest BCUT2D eigenvalue weighted by atomic mass is 10.1. The summed E-state index contributed by atoms with van der Waals surface area (Å²) in [6.45, 7) is -0.0847. The van der Waals surface area contributed by atoms with Crippen LogP contribution in [0.1, 0.15) is 12.0 Å². The van der Waals surface area contributed by atoms with Crippen LogP contribution in [0.3, 0.4) is 0 Å². The number of aryl methyl sites for hydroxylation is 1. The molecule has 0 fully saturated rings. The van der Waals surface area contributed by atoms with E-state index < -0.39 is 0 Å². The van der Waals surface area contributed by atoms with Gasteiger partial charge in [0.25, 0.3) is 5.91 Å². The van der Waals surface area contributed by atoms with Gasteiger partial charge in [0.2, 0.25) is 5.91 Å². The van der Waals surface area contributed by atoms with E-state index in [1.807, 2.05) is 36.4 Å². The lowest BCUT2D eigenvalue weighted by molar-refractivity contribution is -0.120. The van der Waals surface area contributed by atoms with Crippen LogP contribution >= 0.6 is 31.9 Å². The van der Waals surface area contributed by atoms with Crippen LogP contribution in [-0.4, -0.2) is 25.5 Å². The number of halogens is 2. The first kappa shape index (κ1) is 19.5. The molecule has 0 spiro atoms. The van der Waals surface area contributed by atoms with Crippen molar-refractivity contribution in [1.29, 1.82) is 0 Å². The fourth-order valence-corrected chi connectivity index (χ4v) is 3.23. The molecular formula is C18H18Br2N2O3. The van der Waals surface area contributed by atoms with Crippen molar-refractivity contribution in [2.45, 2.75) is 12.8 Å². The van der Waals surface area contributed by atoms with E-state index in [9.17, 15) is 9.59 Å². The van der Waals surface area contributed by atoms with Gasteiger partial charge in [-0.05, 0) is 58.2 Å². The van der Waals surface area contributed by atoms with Crippen LogP contribution < -0.4 is 15.4 Å². The normalized spacial score (nSPS) is 10.2. The number of anilines is 1. The molecule has 0 saturated carbocycles. The van der Waals surface area contributed by atoms with Crippen LogP contribution in [0, 0.1) is 0 Å². The van der Waals surface area contributed by atoms with Crippen LogP contribution in [0.25, 0.3) is 0 Å². The van der Waals surface area contributed by atoms with Crippen molar-refractivity contribution in [2.75, 3.05) is 19.0 Å². The van der Waals surface area contributed by atoms with Crippen molar-refractivity contribution in [2.24, 2.45) is 0 Å². The van der Waals surface area contributed by atoms with Crippen LogP contribution in [0.5, 0.6) is 5.75 Å². The number of carbonyl (C=O) groups is 2. The molecule has 0 unspecified atom stereocenters. The highest BCUT2D eigenvalue weighted by atomic mass is 79.9. The molecule has 132 valence electrons. The summed E-state index contributed by atoms with van der Waals surface area (Å²) in [5, 5.41) is 5.37. The highest BCUT2D eigenvalue weighted by Crippen LogP contribution is 2.28. The fraction of sp³-hybridized carbons (Fsp3) is 0.222. The Balaban J connectivity index is 1.82. The summed E-state index contributed by atoms with van der Waals surface area (Å²) < 4.78 is 7.20.